The highest BCUT2D eigenvalue weighted by Crippen LogP contribution is 2.29. The number of ether oxygens (including phenoxy) is 1. The number of aromatic nitrogens is 2. The second kappa shape index (κ2) is 5.14. The zero-order valence-corrected chi connectivity index (χ0v) is 10.7. The average Bonchev–Trinajstić information content (AvgIpc) is 2.16. The van der Waals surface area contributed by atoms with Gasteiger partial charge in [-0.3, -0.25) is 0 Å². The van der Waals surface area contributed by atoms with Crippen LogP contribution >= 0.6 is 0 Å². The molecule has 0 amide bonds. The van der Waals surface area contributed by atoms with Crippen molar-refractivity contribution < 1.29 is 4.74 Å². The summed E-state index contributed by atoms with van der Waals surface area (Å²) in [7, 11) is 0. The predicted octanol–water partition coefficient (Wildman–Crippen LogP) is 2.61. The number of hydrogen-bond acceptors (Lipinski definition) is 4. The largest absolute Gasteiger partial charge is 0.474 e. The van der Waals surface area contributed by atoms with Crippen molar-refractivity contribution in [2.24, 2.45) is 5.92 Å². The molecule has 0 saturated carbocycles. The molecule has 0 aromatic carbocycles. The lowest BCUT2D eigenvalue weighted by Crippen LogP contribution is -2.20. The van der Waals surface area contributed by atoms with Crippen molar-refractivity contribution in [3.8, 4) is 5.88 Å². The first-order chi connectivity index (χ1) is 7.43. The Morgan fingerprint density at radius 1 is 1.12 bits per heavy atom. The molecule has 1 unspecified atom stereocenters. The van der Waals surface area contributed by atoms with Crippen LogP contribution in [0.1, 0.15) is 46.1 Å². The molecule has 4 heteroatoms. The molecule has 0 aliphatic carbocycles. The molecule has 0 fully saturated rings. The van der Waals surface area contributed by atoms with Crippen molar-refractivity contribution in [3.63, 3.8) is 0 Å². The van der Waals surface area contributed by atoms with E-state index in [0.29, 0.717) is 17.6 Å². The van der Waals surface area contributed by atoms with E-state index < -0.39 is 0 Å². The van der Waals surface area contributed by atoms with Gasteiger partial charge >= 0.3 is 0 Å². The molecule has 1 atom stereocenters. The van der Waals surface area contributed by atoms with Crippen molar-refractivity contribution in [1.82, 2.24) is 9.97 Å². The Kier molecular flexibility index (Phi) is 4.10. The lowest BCUT2D eigenvalue weighted by molar-refractivity contribution is 0.161. The van der Waals surface area contributed by atoms with Gasteiger partial charge in [0.05, 0.1) is 11.7 Å². The topological polar surface area (TPSA) is 61.0 Å². The quantitative estimate of drug-likeness (QED) is 0.852. The smallest absolute Gasteiger partial charge is 0.222 e. The van der Waals surface area contributed by atoms with Gasteiger partial charge in [0.25, 0.3) is 0 Å². The SMILES string of the molecule is CC(C)c1c(N)ncnc1OC(C)C(C)C. The van der Waals surface area contributed by atoms with Gasteiger partial charge in [-0.2, -0.15) is 0 Å². The molecule has 2 N–H and O–H groups in total. The standard InChI is InChI=1S/C12H21N3O/c1-7(2)9(5)16-12-10(8(3)4)11(13)14-6-15-12/h6-9H,1-5H3,(H2,13,14,15). The zero-order chi connectivity index (χ0) is 12.3. The minimum absolute atomic E-state index is 0.117. The van der Waals surface area contributed by atoms with Crippen molar-refractivity contribution in [2.75, 3.05) is 5.73 Å². The molecule has 4 nitrogen and oxygen atoms in total. The van der Waals surface area contributed by atoms with Gasteiger partial charge in [-0.05, 0) is 18.8 Å². The lowest BCUT2D eigenvalue weighted by Gasteiger charge is -2.20. The van der Waals surface area contributed by atoms with Crippen LogP contribution in [-0.2, 0) is 0 Å². The van der Waals surface area contributed by atoms with Gasteiger partial charge in [-0.1, -0.05) is 27.7 Å². The molecule has 90 valence electrons. The number of nitrogens with zero attached hydrogens (tertiary/aromatic N) is 2. The Labute approximate surface area is 97.2 Å². The maximum absolute atomic E-state index is 5.84. The molecule has 1 aromatic rings. The second-order valence-electron chi connectivity index (χ2n) is 4.70. The molecular weight excluding hydrogens is 202 g/mol. The first-order valence-electron chi connectivity index (χ1n) is 5.70. The van der Waals surface area contributed by atoms with Crippen molar-refractivity contribution in [2.45, 2.75) is 46.6 Å². The monoisotopic (exact) mass is 223 g/mol. The summed E-state index contributed by atoms with van der Waals surface area (Å²) < 4.78 is 5.82. The summed E-state index contributed by atoms with van der Waals surface area (Å²) in [5.41, 5.74) is 6.74. The Morgan fingerprint density at radius 2 is 1.75 bits per heavy atom. The van der Waals surface area contributed by atoms with Crippen LogP contribution < -0.4 is 10.5 Å². The molecule has 0 saturated heterocycles. The van der Waals surface area contributed by atoms with E-state index in [1.807, 2.05) is 6.92 Å². The predicted molar refractivity (Wildman–Crippen MR) is 65.5 cm³/mol. The summed E-state index contributed by atoms with van der Waals surface area (Å²) >= 11 is 0. The number of hydrogen-bond donors (Lipinski definition) is 1. The first kappa shape index (κ1) is 12.7. The number of rotatable bonds is 4. The second-order valence-corrected chi connectivity index (χ2v) is 4.70. The van der Waals surface area contributed by atoms with Crippen molar-refractivity contribution in [3.05, 3.63) is 11.9 Å². The lowest BCUT2D eigenvalue weighted by atomic mass is 10.1. The number of nitrogens with two attached hydrogens (primary N) is 1. The molecule has 0 aliphatic heterocycles. The van der Waals surface area contributed by atoms with Crippen LogP contribution in [0.4, 0.5) is 5.82 Å². The minimum atomic E-state index is 0.117. The highest BCUT2D eigenvalue weighted by molar-refractivity contribution is 5.46. The molecule has 0 radical (unpaired) electrons. The van der Waals surface area contributed by atoms with Crippen LogP contribution in [0, 0.1) is 5.92 Å². The van der Waals surface area contributed by atoms with Crippen LogP contribution in [-0.4, -0.2) is 16.1 Å². The molecule has 1 rings (SSSR count). The normalized spacial score (nSPS) is 13.2. The summed E-state index contributed by atoms with van der Waals surface area (Å²) in [5, 5.41) is 0. The first-order valence-corrected chi connectivity index (χ1v) is 5.70. The zero-order valence-electron chi connectivity index (χ0n) is 10.7. The Morgan fingerprint density at radius 3 is 2.25 bits per heavy atom. The molecular formula is C12H21N3O. The van der Waals surface area contributed by atoms with E-state index >= 15 is 0 Å². The van der Waals surface area contributed by atoms with E-state index in [-0.39, 0.29) is 12.0 Å². The van der Waals surface area contributed by atoms with Gasteiger partial charge in [0.1, 0.15) is 12.1 Å². The summed E-state index contributed by atoms with van der Waals surface area (Å²) in [6.07, 6.45) is 1.57. The van der Waals surface area contributed by atoms with Gasteiger partial charge in [0.2, 0.25) is 5.88 Å². The fourth-order valence-electron chi connectivity index (χ4n) is 1.34. The number of anilines is 1. The highest BCUT2D eigenvalue weighted by Gasteiger charge is 2.17. The molecule has 0 spiro atoms. The van der Waals surface area contributed by atoms with Gasteiger partial charge in [-0.25, -0.2) is 9.97 Å². The Balaban J connectivity index is 2.99. The minimum Gasteiger partial charge on any atom is -0.474 e. The third-order valence-corrected chi connectivity index (χ3v) is 2.69. The summed E-state index contributed by atoms with van der Waals surface area (Å²) in [5.74, 6) is 1.83. The maximum atomic E-state index is 5.84. The highest BCUT2D eigenvalue weighted by atomic mass is 16.5. The van der Waals surface area contributed by atoms with Crippen LogP contribution in [0.25, 0.3) is 0 Å². The Hall–Kier alpha value is -1.32. The van der Waals surface area contributed by atoms with E-state index in [2.05, 4.69) is 37.7 Å². The Bertz CT molecular complexity index is 350. The third-order valence-electron chi connectivity index (χ3n) is 2.69. The van der Waals surface area contributed by atoms with Crippen LogP contribution in [0.2, 0.25) is 0 Å². The average molecular weight is 223 g/mol. The summed E-state index contributed by atoms with van der Waals surface area (Å²) in [6, 6.07) is 0. The van der Waals surface area contributed by atoms with Gasteiger partial charge in [0.15, 0.2) is 0 Å². The van der Waals surface area contributed by atoms with E-state index in [1.54, 1.807) is 0 Å². The summed E-state index contributed by atoms with van der Waals surface area (Å²) in [6.45, 7) is 10.4. The van der Waals surface area contributed by atoms with E-state index in [0.717, 1.165) is 5.56 Å². The molecule has 0 aliphatic rings. The fourth-order valence-corrected chi connectivity index (χ4v) is 1.34. The van der Waals surface area contributed by atoms with Gasteiger partial charge < -0.3 is 10.5 Å². The van der Waals surface area contributed by atoms with Crippen LogP contribution in [0.5, 0.6) is 5.88 Å². The van der Waals surface area contributed by atoms with Crippen molar-refractivity contribution >= 4 is 5.82 Å². The molecule has 1 heterocycles. The van der Waals surface area contributed by atoms with Crippen LogP contribution in [0.3, 0.4) is 0 Å². The van der Waals surface area contributed by atoms with E-state index in [4.69, 9.17) is 10.5 Å². The molecule has 0 bridgehead atoms. The fraction of sp³-hybridized carbons (Fsp3) is 0.667. The summed E-state index contributed by atoms with van der Waals surface area (Å²) in [4.78, 5) is 8.17. The van der Waals surface area contributed by atoms with Gasteiger partial charge in [-0.15, -0.1) is 0 Å². The molecule has 16 heavy (non-hydrogen) atoms. The maximum Gasteiger partial charge on any atom is 0.222 e. The van der Waals surface area contributed by atoms with Crippen molar-refractivity contribution in [1.29, 1.82) is 0 Å². The third kappa shape index (κ3) is 2.84. The number of nitrogen functional groups attached to an aromatic ring is 1. The van der Waals surface area contributed by atoms with Crippen LogP contribution in [0.15, 0.2) is 6.33 Å². The van der Waals surface area contributed by atoms with E-state index in [1.165, 1.54) is 6.33 Å². The van der Waals surface area contributed by atoms with E-state index in [9.17, 15) is 0 Å². The van der Waals surface area contributed by atoms with Gasteiger partial charge in [0, 0.05) is 0 Å². The molecule has 1 aromatic heterocycles.